The van der Waals surface area contributed by atoms with Crippen molar-refractivity contribution in [2.45, 2.75) is 26.5 Å². The Balaban J connectivity index is 1.31. The van der Waals surface area contributed by atoms with E-state index in [1.165, 1.54) is 22.3 Å². The summed E-state index contributed by atoms with van der Waals surface area (Å²) < 4.78 is 5.66. The number of morpholine rings is 1. The molecule has 0 spiro atoms. The smallest absolute Gasteiger partial charge is 0.135 e. The number of hydrogen-bond donors (Lipinski definition) is 1. The summed E-state index contributed by atoms with van der Waals surface area (Å²) >= 11 is 0. The van der Waals surface area contributed by atoms with Crippen molar-refractivity contribution in [3.8, 4) is 11.1 Å². The van der Waals surface area contributed by atoms with E-state index < -0.39 is 0 Å². The van der Waals surface area contributed by atoms with Gasteiger partial charge in [-0.2, -0.15) is 0 Å². The van der Waals surface area contributed by atoms with Gasteiger partial charge in [-0.25, -0.2) is 9.97 Å². The molecule has 1 saturated heterocycles. The molecule has 0 amide bonds. The zero-order chi connectivity index (χ0) is 21.9. The second-order valence-corrected chi connectivity index (χ2v) is 8.47. The SMILES string of the molecule is Cc1cccc(-c2ccc(CNc3nccc4cc(N5CCO[C@@H](C)C5)ncc34)cc2)c1. The molecule has 0 bridgehead atoms. The molecule has 3 heterocycles. The maximum Gasteiger partial charge on any atom is 0.135 e. The topological polar surface area (TPSA) is 50.3 Å². The predicted molar refractivity (Wildman–Crippen MR) is 131 cm³/mol. The summed E-state index contributed by atoms with van der Waals surface area (Å²) in [6.07, 6.45) is 4.02. The van der Waals surface area contributed by atoms with Gasteiger partial charge in [0, 0.05) is 37.4 Å². The van der Waals surface area contributed by atoms with Crippen LogP contribution in [-0.4, -0.2) is 35.8 Å². The lowest BCUT2D eigenvalue weighted by Crippen LogP contribution is -2.41. The largest absolute Gasteiger partial charge is 0.375 e. The molecule has 5 heteroatoms. The first-order chi connectivity index (χ1) is 15.7. The molecule has 4 aromatic rings. The Morgan fingerprint density at radius 3 is 2.72 bits per heavy atom. The van der Waals surface area contributed by atoms with Crippen LogP contribution in [0.3, 0.4) is 0 Å². The van der Waals surface area contributed by atoms with Gasteiger partial charge in [0.25, 0.3) is 0 Å². The second kappa shape index (κ2) is 8.97. The minimum atomic E-state index is 0.230. The zero-order valence-corrected chi connectivity index (χ0v) is 18.6. The fraction of sp³-hybridized carbons (Fsp3) is 0.259. The van der Waals surface area contributed by atoms with Gasteiger partial charge in [0.15, 0.2) is 0 Å². The lowest BCUT2D eigenvalue weighted by molar-refractivity contribution is 0.0529. The van der Waals surface area contributed by atoms with E-state index in [0.717, 1.165) is 42.1 Å². The first-order valence-electron chi connectivity index (χ1n) is 11.2. The van der Waals surface area contributed by atoms with Gasteiger partial charge in [-0.3, -0.25) is 0 Å². The number of aromatic nitrogens is 2. The molecular formula is C27H28N4O. The third-order valence-corrected chi connectivity index (χ3v) is 5.96. The molecule has 1 atom stereocenters. The van der Waals surface area contributed by atoms with Gasteiger partial charge < -0.3 is 15.0 Å². The van der Waals surface area contributed by atoms with Crippen LogP contribution in [0.15, 0.2) is 73.1 Å². The summed E-state index contributed by atoms with van der Waals surface area (Å²) in [6, 6.07) is 21.5. The fourth-order valence-electron chi connectivity index (χ4n) is 4.22. The average Bonchev–Trinajstić information content (AvgIpc) is 2.82. The Labute approximate surface area is 189 Å². The van der Waals surface area contributed by atoms with Gasteiger partial charge in [0.2, 0.25) is 0 Å². The Bertz CT molecular complexity index is 1220. The molecule has 1 N–H and O–H groups in total. The number of fused-ring (bicyclic) bond motifs is 1. The monoisotopic (exact) mass is 424 g/mol. The van der Waals surface area contributed by atoms with E-state index in [2.05, 4.69) is 83.6 Å². The third kappa shape index (κ3) is 4.43. The summed E-state index contributed by atoms with van der Waals surface area (Å²) in [4.78, 5) is 11.6. The summed E-state index contributed by atoms with van der Waals surface area (Å²) in [7, 11) is 0. The number of ether oxygens (including phenoxy) is 1. The molecule has 1 aliphatic rings. The molecule has 5 nitrogen and oxygen atoms in total. The molecule has 0 unspecified atom stereocenters. The van der Waals surface area contributed by atoms with Crippen LogP contribution in [-0.2, 0) is 11.3 Å². The first-order valence-corrected chi connectivity index (χ1v) is 11.2. The summed E-state index contributed by atoms with van der Waals surface area (Å²) in [5.41, 5.74) is 4.97. The third-order valence-electron chi connectivity index (χ3n) is 5.96. The van der Waals surface area contributed by atoms with Gasteiger partial charge >= 0.3 is 0 Å². The van der Waals surface area contributed by atoms with Crippen molar-refractivity contribution in [2.24, 2.45) is 0 Å². The fourth-order valence-corrected chi connectivity index (χ4v) is 4.22. The molecule has 5 rings (SSSR count). The van der Waals surface area contributed by atoms with Gasteiger partial charge in [0.05, 0.1) is 12.7 Å². The number of hydrogen-bond acceptors (Lipinski definition) is 5. The Kier molecular flexibility index (Phi) is 5.73. The molecule has 2 aromatic carbocycles. The molecule has 1 aliphatic heterocycles. The quantitative estimate of drug-likeness (QED) is 0.462. The molecule has 0 radical (unpaired) electrons. The van der Waals surface area contributed by atoms with E-state index in [1.807, 2.05) is 18.5 Å². The van der Waals surface area contributed by atoms with Crippen molar-refractivity contribution in [3.05, 3.63) is 84.2 Å². The lowest BCUT2D eigenvalue weighted by atomic mass is 10.0. The normalized spacial score (nSPS) is 16.3. The van der Waals surface area contributed by atoms with Crippen molar-refractivity contribution in [1.82, 2.24) is 9.97 Å². The standard InChI is InChI=1S/C27H28N4O/c1-19-4-3-5-23(14-19)22-8-6-21(7-9-22)16-30-27-25-17-29-26(15-24(25)10-11-28-27)31-12-13-32-20(2)18-31/h3-11,14-15,17,20H,12-13,16,18H2,1-2H3,(H,28,30)/t20-/m0/s1. The molecule has 162 valence electrons. The molecule has 32 heavy (non-hydrogen) atoms. The van der Waals surface area contributed by atoms with E-state index in [-0.39, 0.29) is 6.10 Å². The van der Waals surface area contributed by atoms with Crippen molar-refractivity contribution in [2.75, 3.05) is 29.9 Å². The van der Waals surface area contributed by atoms with Crippen LogP contribution < -0.4 is 10.2 Å². The average molecular weight is 425 g/mol. The number of benzene rings is 2. The summed E-state index contributed by atoms with van der Waals surface area (Å²) in [5, 5.41) is 5.67. The number of pyridine rings is 2. The van der Waals surface area contributed by atoms with Gasteiger partial charge in [-0.15, -0.1) is 0 Å². The van der Waals surface area contributed by atoms with E-state index in [4.69, 9.17) is 9.72 Å². The minimum Gasteiger partial charge on any atom is -0.375 e. The number of nitrogens with zero attached hydrogens (tertiary/aromatic N) is 3. The van der Waals surface area contributed by atoms with Gasteiger partial charge in [-0.05, 0) is 48.1 Å². The highest BCUT2D eigenvalue weighted by atomic mass is 16.5. The van der Waals surface area contributed by atoms with Crippen LogP contribution in [0.5, 0.6) is 0 Å². The molecule has 2 aromatic heterocycles. The predicted octanol–water partition coefficient (Wildman–Crippen LogP) is 5.44. The van der Waals surface area contributed by atoms with Crippen LogP contribution in [0.25, 0.3) is 21.9 Å². The number of anilines is 2. The van der Waals surface area contributed by atoms with Crippen LogP contribution in [0.2, 0.25) is 0 Å². The molecule has 0 saturated carbocycles. The van der Waals surface area contributed by atoms with Crippen molar-refractivity contribution < 1.29 is 4.74 Å². The highest BCUT2D eigenvalue weighted by Gasteiger charge is 2.18. The minimum absolute atomic E-state index is 0.230. The first kappa shape index (κ1) is 20.5. The van der Waals surface area contributed by atoms with Crippen LogP contribution in [0.4, 0.5) is 11.6 Å². The zero-order valence-electron chi connectivity index (χ0n) is 18.6. The van der Waals surface area contributed by atoms with Crippen molar-refractivity contribution in [3.63, 3.8) is 0 Å². The maximum absolute atomic E-state index is 5.66. The van der Waals surface area contributed by atoms with Crippen LogP contribution in [0, 0.1) is 6.92 Å². The second-order valence-electron chi connectivity index (χ2n) is 8.47. The Hall–Kier alpha value is -3.44. The summed E-state index contributed by atoms with van der Waals surface area (Å²) in [5.74, 6) is 1.86. The van der Waals surface area contributed by atoms with Crippen LogP contribution in [0.1, 0.15) is 18.1 Å². The number of rotatable bonds is 5. The van der Waals surface area contributed by atoms with E-state index in [1.54, 1.807) is 0 Å². The molecule has 1 fully saturated rings. The van der Waals surface area contributed by atoms with Crippen molar-refractivity contribution in [1.29, 1.82) is 0 Å². The van der Waals surface area contributed by atoms with E-state index in [0.29, 0.717) is 6.54 Å². The Morgan fingerprint density at radius 1 is 1.03 bits per heavy atom. The van der Waals surface area contributed by atoms with Gasteiger partial charge in [0.1, 0.15) is 11.6 Å². The summed E-state index contributed by atoms with van der Waals surface area (Å²) in [6.45, 7) is 7.42. The van der Waals surface area contributed by atoms with Crippen LogP contribution >= 0.6 is 0 Å². The maximum atomic E-state index is 5.66. The van der Waals surface area contributed by atoms with E-state index in [9.17, 15) is 0 Å². The number of nitrogens with one attached hydrogen (secondary N) is 1. The van der Waals surface area contributed by atoms with Gasteiger partial charge in [-0.1, -0.05) is 54.1 Å². The van der Waals surface area contributed by atoms with Crippen molar-refractivity contribution >= 4 is 22.4 Å². The number of aryl methyl sites for hydroxylation is 1. The lowest BCUT2D eigenvalue weighted by Gasteiger charge is -2.32. The highest BCUT2D eigenvalue weighted by molar-refractivity contribution is 5.92. The highest BCUT2D eigenvalue weighted by Crippen LogP contribution is 2.26. The molecular weight excluding hydrogens is 396 g/mol. The van der Waals surface area contributed by atoms with E-state index >= 15 is 0 Å². The Morgan fingerprint density at radius 2 is 1.91 bits per heavy atom. The molecule has 0 aliphatic carbocycles.